The summed E-state index contributed by atoms with van der Waals surface area (Å²) in [6.45, 7) is 4.08. The molecule has 8 heteroatoms. The molecule has 1 aliphatic carbocycles. The highest BCUT2D eigenvalue weighted by Crippen LogP contribution is 2.36. The standard InChI is InChI=1S/C32H32FN7/c1-3-28(21-7-5-4-6-8-21)37-31-23(17-34)18-35-30-20(2)15-25(16-27(30)31)36-32(22-9-11-24(33)12-10-22)29-19-40(39-38-29)26-13-14-26/h4-12,15-16,18-19,26,28,32,36,38-39H,3,13-14H2,1-2H3,(H,35,37)/t28-,32?/m1/s1/i32D. The number of halogens is 1. The summed E-state index contributed by atoms with van der Waals surface area (Å²) in [7, 11) is 0. The smallest absolute Gasteiger partial charge is 0.123 e. The van der Waals surface area contributed by atoms with Crippen molar-refractivity contribution in [3.8, 4) is 6.07 Å². The van der Waals surface area contributed by atoms with Crippen LogP contribution in [-0.4, -0.2) is 16.0 Å². The first kappa shape index (κ1) is 24.4. The third-order valence-electron chi connectivity index (χ3n) is 7.41. The predicted octanol–water partition coefficient (Wildman–Crippen LogP) is 6.60. The van der Waals surface area contributed by atoms with E-state index in [0.29, 0.717) is 34.2 Å². The van der Waals surface area contributed by atoms with Gasteiger partial charge in [0.1, 0.15) is 11.9 Å². The number of pyridine rings is 1. The summed E-state index contributed by atoms with van der Waals surface area (Å²) in [5, 5.41) is 19.8. The molecule has 1 aromatic heterocycles. The normalized spacial score (nSPS) is 17.3. The van der Waals surface area contributed by atoms with Crippen LogP contribution in [0.3, 0.4) is 0 Å². The van der Waals surface area contributed by atoms with E-state index >= 15 is 0 Å². The van der Waals surface area contributed by atoms with E-state index in [1.807, 2.05) is 48.5 Å². The van der Waals surface area contributed by atoms with Crippen LogP contribution in [0, 0.1) is 24.1 Å². The van der Waals surface area contributed by atoms with E-state index in [-0.39, 0.29) is 11.9 Å². The number of hydrogen-bond acceptors (Lipinski definition) is 7. The van der Waals surface area contributed by atoms with Crippen molar-refractivity contribution in [2.75, 3.05) is 10.6 Å². The van der Waals surface area contributed by atoms with Gasteiger partial charge in [0.2, 0.25) is 0 Å². The van der Waals surface area contributed by atoms with Crippen LogP contribution in [0.25, 0.3) is 10.9 Å². The van der Waals surface area contributed by atoms with Crippen molar-refractivity contribution in [1.29, 1.82) is 5.26 Å². The maximum Gasteiger partial charge on any atom is 0.123 e. The molecule has 2 heterocycles. The first-order chi connectivity index (χ1) is 19.9. The molecule has 2 atom stereocenters. The van der Waals surface area contributed by atoms with E-state index in [9.17, 15) is 11.0 Å². The van der Waals surface area contributed by atoms with Gasteiger partial charge in [0.05, 0.1) is 35.9 Å². The first-order valence-electron chi connectivity index (χ1n) is 14.1. The first-order valence-corrected chi connectivity index (χ1v) is 13.6. The van der Waals surface area contributed by atoms with Crippen LogP contribution < -0.4 is 21.6 Å². The molecule has 4 aromatic rings. The zero-order chi connectivity index (χ0) is 28.6. The van der Waals surface area contributed by atoms with Gasteiger partial charge in [0, 0.05) is 29.5 Å². The third kappa shape index (κ3) is 5.16. The van der Waals surface area contributed by atoms with Gasteiger partial charge in [-0.05, 0) is 67.1 Å². The van der Waals surface area contributed by atoms with Gasteiger partial charge in [-0.3, -0.25) is 9.99 Å². The highest BCUT2D eigenvalue weighted by molar-refractivity contribution is 5.98. The zero-order valence-corrected chi connectivity index (χ0v) is 22.5. The second-order valence-electron chi connectivity index (χ2n) is 10.3. The second-order valence-corrected chi connectivity index (χ2v) is 10.3. The summed E-state index contributed by atoms with van der Waals surface area (Å²) in [5.74, 6) is -0.363. The average Bonchev–Trinajstić information content (AvgIpc) is 3.72. The molecule has 1 saturated carbocycles. The minimum absolute atomic E-state index is 0.00683. The van der Waals surface area contributed by atoms with E-state index in [4.69, 9.17) is 0 Å². The van der Waals surface area contributed by atoms with Gasteiger partial charge in [-0.2, -0.15) is 5.26 Å². The average molecular weight is 535 g/mol. The molecule has 7 nitrogen and oxygen atoms in total. The summed E-state index contributed by atoms with van der Waals surface area (Å²) in [6.07, 6.45) is 6.51. The molecule has 2 aliphatic rings. The van der Waals surface area contributed by atoms with Crippen LogP contribution in [0.5, 0.6) is 0 Å². The SMILES string of the molecule is [2H]C(Nc1cc(C)c2ncc(C#N)c(N[C@H](CC)c3ccccc3)c2c1)(C1=CN(C2CC2)NN1)c1ccc(F)cc1. The molecule has 3 aromatic carbocycles. The molecule has 40 heavy (non-hydrogen) atoms. The molecule has 0 spiro atoms. The lowest BCUT2D eigenvalue weighted by Gasteiger charge is -2.24. The number of nitriles is 1. The number of anilines is 2. The van der Waals surface area contributed by atoms with Gasteiger partial charge in [-0.25, -0.2) is 4.39 Å². The fraction of sp³-hybridized carbons (Fsp3) is 0.250. The maximum atomic E-state index is 13.9. The zero-order valence-electron chi connectivity index (χ0n) is 23.5. The number of nitrogens with one attached hydrogen (secondary N) is 4. The lowest BCUT2D eigenvalue weighted by Crippen LogP contribution is -2.38. The number of benzene rings is 3. The Morgan fingerprint density at radius 2 is 1.90 bits per heavy atom. The molecule has 4 N–H and O–H groups in total. The number of aryl methyl sites for hydroxylation is 1. The lowest BCUT2D eigenvalue weighted by molar-refractivity contribution is 0.260. The molecule has 0 radical (unpaired) electrons. The van der Waals surface area contributed by atoms with E-state index in [1.165, 1.54) is 12.1 Å². The van der Waals surface area contributed by atoms with Gasteiger partial charge < -0.3 is 16.1 Å². The predicted molar refractivity (Wildman–Crippen MR) is 156 cm³/mol. The van der Waals surface area contributed by atoms with E-state index in [0.717, 1.165) is 41.3 Å². The highest BCUT2D eigenvalue weighted by Gasteiger charge is 2.32. The fourth-order valence-corrected chi connectivity index (χ4v) is 5.13. The lowest BCUT2D eigenvalue weighted by atomic mass is 10.00. The number of fused-ring (bicyclic) bond motifs is 1. The number of rotatable bonds is 9. The highest BCUT2D eigenvalue weighted by atomic mass is 19.1. The Morgan fingerprint density at radius 1 is 1.12 bits per heavy atom. The second kappa shape index (κ2) is 10.9. The van der Waals surface area contributed by atoms with Crippen molar-refractivity contribution in [2.24, 2.45) is 0 Å². The fourth-order valence-electron chi connectivity index (χ4n) is 5.13. The summed E-state index contributed by atoms with van der Waals surface area (Å²) < 4.78 is 23.6. The van der Waals surface area contributed by atoms with Crippen molar-refractivity contribution in [1.82, 2.24) is 21.0 Å². The number of aromatic nitrogens is 1. The minimum Gasteiger partial charge on any atom is -0.377 e. The molecule has 0 amide bonds. The van der Waals surface area contributed by atoms with E-state index in [2.05, 4.69) is 51.7 Å². The van der Waals surface area contributed by atoms with Gasteiger partial charge in [0.25, 0.3) is 0 Å². The summed E-state index contributed by atoms with van der Waals surface area (Å²) in [4.78, 5) is 4.62. The molecule has 202 valence electrons. The van der Waals surface area contributed by atoms with Crippen molar-refractivity contribution in [3.05, 3.63) is 113 Å². The summed E-state index contributed by atoms with van der Waals surface area (Å²) >= 11 is 0. The van der Waals surface area contributed by atoms with Crippen LogP contribution in [0.1, 0.15) is 61.9 Å². The molecular weight excluding hydrogens is 501 g/mol. The van der Waals surface area contributed by atoms with Crippen molar-refractivity contribution >= 4 is 22.3 Å². The van der Waals surface area contributed by atoms with Gasteiger partial charge in [0.15, 0.2) is 0 Å². The van der Waals surface area contributed by atoms with Crippen molar-refractivity contribution in [2.45, 2.75) is 51.2 Å². The van der Waals surface area contributed by atoms with Crippen molar-refractivity contribution in [3.63, 3.8) is 0 Å². The molecular formula is C32H32FN7. The Hall–Kier alpha value is -4.61. The van der Waals surface area contributed by atoms with E-state index in [1.54, 1.807) is 18.3 Å². The molecule has 6 rings (SSSR count). The van der Waals surface area contributed by atoms with Crippen LogP contribution in [0.4, 0.5) is 15.8 Å². The van der Waals surface area contributed by atoms with Crippen LogP contribution in [0.15, 0.2) is 84.8 Å². The maximum absolute atomic E-state index is 13.9. The third-order valence-corrected chi connectivity index (χ3v) is 7.41. The molecule has 1 unspecified atom stereocenters. The van der Waals surface area contributed by atoms with E-state index < -0.39 is 6.02 Å². The Balaban J connectivity index is 1.44. The minimum atomic E-state index is -1.46. The van der Waals surface area contributed by atoms with Crippen LogP contribution >= 0.6 is 0 Å². The molecule has 1 aliphatic heterocycles. The van der Waals surface area contributed by atoms with Gasteiger partial charge in [-0.1, -0.05) is 49.4 Å². The number of hydrogen-bond donors (Lipinski definition) is 4. The summed E-state index contributed by atoms with van der Waals surface area (Å²) in [6, 6.07) is 21.3. The van der Waals surface area contributed by atoms with Crippen LogP contribution in [-0.2, 0) is 0 Å². The monoisotopic (exact) mass is 534 g/mol. The molecule has 1 fully saturated rings. The Kier molecular flexibility index (Phi) is 6.64. The largest absolute Gasteiger partial charge is 0.377 e. The molecule has 0 bridgehead atoms. The van der Waals surface area contributed by atoms with Gasteiger partial charge >= 0.3 is 0 Å². The number of nitrogens with zero attached hydrogens (tertiary/aromatic N) is 3. The molecule has 0 saturated heterocycles. The Morgan fingerprint density at radius 3 is 2.60 bits per heavy atom. The topological polar surface area (TPSA) is 88.0 Å². The quantitative estimate of drug-likeness (QED) is 0.192. The van der Waals surface area contributed by atoms with Crippen molar-refractivity contribution < 1.29 is 5.76 Å². The number of hydrazine groups is 2. The Bertz CT molecular complexity index is 1650. The van der Waals surface area contributed by atoms with Crippen LogP contribution in [0.2, 0.25) is 0 Å². The summed E-state index contributed by atoms with van der Waals surface area (Å²) in [5.41, 5.74) is 12.1. The Labute approximate surface area is 235 Å². The van der Waals surface area contributed by atoms with Gasteiger partial charge in [-0.15, -0.1) is 5.53 Å².